The molecular formula is C5H8N2O. The number of imidazole rings is 1. The topological polar surface area (TPSA) is 48.9 Å². The zero-order valence-corrected chi connectivity index (χ0v) is 4.10. The predicted molar refractivity (Wildman–Crippen MR) is 29.2 cm³/mol. The van der Waals surface area contributed by atoms with Gasteiger partial charge in [-0.1, -0.05) is 0 Å². The Labute approximate surface area is 53.0 Å². The number of rotatable bonds is 1. The number of aryl methyl sites for hydroxylation is 1. The van der Waals surface area contributed by atoms with E-state index in [1.165, 1.54) is 0 Å². The number of aliphatic hydroxyl groups is 1. The molecule has 0 radical (unpaired) electrons. The third-order valence-electron chi connectivity index (χ3n) is 0.810. The summed E-state index contributed by atoms with van der Waals surface area (Å²) in [5.41, 5.74) is -0.144. The zero-order chi connectivity index (χ0) is 9.35. The molecule has 0 spiro atoms. The van der Waals surface area contributed by atoms with E-state index in [0.717, 1.165) is 0 Å². The lowest BCUT2D eigenvalue weighted by molar-refractivity contribution is 0.276. The number of hydrogen-bond donors (Lipinski definition) is 2. The molecule has 0 fully saturated rings. The number of aromatic nitrogens is 2. The minimum absolute atomic E-state index is 0.0139. The zero-order valence-electron chi connectivity index (χ0n) is 8.10. The van der Waals surface area contributed by atoms with Crippen LogP contribution in [0.2, 0.25) is 0 Å². The molecule has 1 rings (SSSR count). The van der Waals surface area contributed by atoms with Gasteiger partial charge in [0.15, 0.2) is 0 Å². The summed E-state index contributed by atoms with van der Waals surface area (Å²) in [6.07, 6.45) is -0.245. The molecule has 0 bridgehead atoms. The Hall–Kier alpha value is -0.830. The third-order valence-corrected chi connectivity index (χ3v) is 0.810. The summed E-state index contributed by atoms with van der Waals surface area (Å²) in [6, 6.07) is 0. The molecule has 0 aliphatic carbocycles. The summed E-state index contributed by atoms with van der Waals surface area (Å²) < 4.78 is 28.0. The Balaban J connectivity index is 3.13. The highest BCUT2D eigenvalue weighted by Crippen LogP contribution is 1.97. The molecule has 0 unspecified atom stereocenters. The Bertz CT molecular complexity index is 279. The quantitative estimate of drug-likeness (QED) is 0.551. The molecular weight excluding hydrogens is 104 g/mol. The first-order valence-corrected chi connectivity index (χ1v) is 2.12. The van der Waals surface area contributed by atoms with Gasteiger partial charge in [0, 0.05) is 9.81 Å². The highest BCUT2D eigenvalue weighted by molar-refractivity contribution is 5.06. The van der Waals surface area contributed by atoms with E-state index in [-0.39, 0.29) is 17.7 Å². The Morgan fingerprint density at radius 3 is 3.62 bits per heavy atom. The van der Waals surface area contributed by atoms with Crippen LogP contribution in [0.25, 0.3) is 0 Å². The first-order valence-electron chi connectivity index (χ1n) is 4.12. The second-order valence-corrected chi connectivity index (χ2v) is 1.33. The Morgan fingerprint density at radius 1 is 2.25 bits per heavy atom. The van der Waals surface area contributed by atoms with Crippen molar-refractivity contribution in [3.63, 3.8) is 0 Å². The predicted octanol–water partition coefficient (Wildman–Crippen LogP) is 0.210. The van der Waals surface area contributed by atoms with E-state index in [9.17, 15) is 0 Å². The van der Waals surface area contributed by atoms with Gasteiger partial charge in [-0.15, -0.1) is 0 Å². The maximum Gasteiger partial charge on any atom is 0.104 e. The number of aromatic amines is 1. The average Bonchev–Trinajstić information content (AvgIpc) is 2.29. The molecule has 0 aromatic carbocycles. The van der Waals surface area contributed by atoms with Crippen LogP contribution in [0.3, 0.4) is 0 Å². The second-order valence-electron chi connectivity index (χ2n) is 1.33. The summed E-state index contributed by atoms with van der Waals surface area (Å²) >= 11 is 0. The van der Waals surface area contributed by atoms with Crippen molar-refractivity contribution in [2.45, 2.75) is 13.5 Å². The number of H-pyrrole nitrogens is 1. The molecule has 44 valence electrons. The molecule has 0 aliphatic heterocycles. The monoisotopic (exact) mass is 116 g/mol. The van der Waals surface area contributed by atoms with E-state index in [2.05, 4.69) is 9.97 Å². The van der Waals surface area contributed by atoms with Crippen molar-refractivity contribution in [1.29, 1.82) is 0 Å². The summed E-state index contributed by atoms with van der Waals surface area (Å²) in [7, 11) is 0. The molecule has 0 amide bonds. The summed E-state index contributed by atoms with van der Waals surface area (Å²) in [6.45, 7) is -2.81. The Kier molecular flexibility index (Phi) is 0.536. The fourth-order valence-electron chi connectivity index (χ4n) is 0.394. The summed E-state index contributed by atoms with van der Waals surface area (Å²) in [5, 5.41) is 8.68. The van der Waals surface area contributed by atoms with Crippen LogP contribution in [0.15, 0.2) is 6.30 Å². The van der Waals surface area contributed by atoms with E-state index in [1.807, 2.05) is 0 Å². The highest BCUT2D eigenvalue weighted by atomic mass is 16.3. The lowest BCUT2D eigenvalue weighted by Crippen LogP contribution is -1.84. The van der Waals surface area contributed by atoms with Gasteiger partial charge in [0.05, 0.1) is 18.6 Å². The van der Waals surface area contributed by atoms with E-state index in [0.29, 0.717) is 0 Å². The minimum atomic E-state index is -2.34. The number of nitrogens with one attached hydrogen (secondary N) is 1. The maximum absolute atomic E-state index is 8.68. The minimum Gasteiger partial charge on any atom is -0.390 e. The van der Waals surface area contributed by atoms with Crippen molar-refractivity contribution in [3.8, 4) is 0 Å². The normalized spacial score (nSPS) is 18.6. The van der Waals surface area contributed by atoms with Crippen LogP contribution in [0, 0.1) is 6.85 Å². The third kappa shape index (κ3) is 0.721. The van der Waals surface area contributed by atoms with Crippen LogP contribution in [0.1, 0.15) is 16.9 Å². The molecule has 0 atom stereocenters. The molecule has 3 heteroatoms. The first-order chi connectivity index (χ1) is 5.45. The van der Waals surface area contributed by atoms with Gasteiger partial charge in [0.1, 0.15) is 1.37 Å². The maximum atomic E-state index is 8.68. The number of aliphatic hydroxyl groups excluding tert-OH is 1. The summed E-state index contributed by atoms with van der Waals surface area (Å²) in [4.78, 5) is 5.77. The van der Waals surface area contributed by atoms with Gasteiger partial charge < -0.3 is 10.1 Å². The van der Waals surface area contributed by atoms with Gasteiger partial charge in [-0.25, -0.2) is 4.98 Å². The second kappa shape index (κ2) is 1.96. The smallest absolute Gasteiger partial charge is 0.104 e. The number of nitrogens with zero attached hydrogens (tertiary/aromatic N) is 1. The van der Waals surface area contributed by atoms with Crippen molar-refractivity contribution in [3.05, 3.63) is 17.7 Å². The average molecular weight is 116 g/mol. The first kappa shape index (κ1) is 2.19. The van der Waals surface area contributed by atoms with E-state index < -0.39 is 13.5 Å². The van der Waals surface area contributed by atoms with Crippen molar-refractivity contribution in [2.24, 2.45) is 0 Å². The van der Waals surface area contributed by atoms with Crippen LogP contribution in [0.4, 0.5) is 0 Å². The molecule has 1 aromatic rings. The van der Waals surface area contributed by atoms with Gasteiger partial charge in [0.2, 0.25) is 0 Å². The van der Waals surface area contributed by atoms with Crippen LogP contribution < -0.4 is 0 Å². The Morgan fingerprint density at radius 2 is 3.12 bits per heavy atom. The molecule has 0 saturated heterocycles. The van der Waals surface area contributed by atoms with E-state index >= 15 is 0 Å². The van der Waals surface area contributed by atoms with Gasteiger partial charge >= 0.3 is 0 Å². The standard InChI is InChI=1S/C5H8N2O/c1-4-5(2-8)7-3-6-4/h3,8H,2H2,1H3,(H,6,7)/i1D3,3D. The molecule has 2 N–H and O–H groups in total. The van der Waals surface area contributed by atoms with Crippen LogP contribution >= 0.6 is 0 Å². The van der Waals surface area contributed by atoms with E-state index in [1.54, 1.807) is 0 Å². The van der Waals surface area contributed by atoms with Gasteiger partial charge in [-0.2, -0.15) is 0 Å². The molecule has 8 heavy (non-hydrogen) atoms. The number of hydrogen-bond acceptors (Lipinski definition) is 2. The lowest BCUT2D eigenvalue weighted by Gasteiger charge is -1.85. The van der Waals surface area contributed by atoms with Crippen LogP contribution in [-0.4, -0.2) is 15.1 Å². The largest absolute Gasteiger partial charge is 0.390 e. The van der Waals surface area contributed by atoms with Crippen molar-refractivity contribution in [2.75, 3.05) is 0 Å². The van der Waals surface area contributed by atoms with Crippen LogP contribution in [-0.2, 0) is 6.61 Å². The molecule has 1 aromatic heterocycles. The fraction of sp³-hybridized carbons (Fsp3) is 0.400. The van der Waals surface area contributed by atoms with Crippen molar-refractivity contribution in [1.82, 2.24) is 9.97 Å². The van der Waals surface area contributed by atoms with E-state index in [4.69, 9.17) is 10.6 Å². The molecule has 0 saturated carbocycles. The molecule has 1 heterocycles. The molecule has 0 aliphatic rings. The van der Waals surface area contributed by atoms with Crippen molar-refractivity contribution >= 4 is 0 Å². The highest BCUT2D eigenvalue weighted by Gasteiger charge is 1.94. The van der Waals surface area contributed by atoms with Crippen LogP contribution in [0.5, 0.6) is 0 Å². The van der Waals surface area contributed by atoms with Gasteiger partial charge in [0.25, 0.3) is 0 Å². The fourth-order valence-corrected chi connectivity index (χ4v) is 0.394. The SMILES string of the molecule is [2H]c1nc(CO)c(C([2H])([2H])[2H])[nH]1. The lowest BCUT2D eigenvalue weighted by atomic mass is 10.4. The van der Waals surface area contributed by atoms with Gasteiger partial charge in [-0.05, 0) is 6.85 Å². The van der Waals surface area contributed by atoms with Gasteiger partial charge in [-0.3, -0.25) is 0 Å². The van der Waals surface area contributed by atoms with Crippen molar-refractivity contribution < 1.29 is 10.6 Å². The molecule has 3 nitrogen and oxygen atoms in total. The summed E-state index contributed by atoms with van der Waals surface area (Å²) in [5.74, 6) is 0.